The highest BCUT2D eigenvalue weighted by Crippen LogP contribution is 2.41. The number of ether oxygens (including phenoxy) is 2. The maximum atomic E-state index is 12.6. The Bertz CT molecular complexity index is 815. The highest BCUT2D eigenvalue weighted by molar-refractivity contribution is 6.06. The molecule has 0 spiro atoms. The minimum atomic E-state index is -0.724. The maximum absolute atomic E-state index is 12.6. The van der Waals surface area contributed by atoms with Gasteiger partial charge in [-0.25, -0.2) is 4.79 Å². The lowest BCUT2D eigenvalue weighted by Crippen LogP contribution is -2.33. The van der Waals surface area contributed by atoms with Gasteiger partial charge in [0.05, 0.1) is 25.2 Å². The van der Waals surface area contributed by atoms with Crippen molar-refractivity contribution < 1.29 is 19.1 Å². The first kappa shape index (κ1) is 16.1. The molecule has 24 heavy (non-hydrogen) atoms. The predicted molar refractivity (Wildman–Crippen MR) is 90.5 cm³/mol. The van der Waals surface area contributed by atoms with Crippen LogP contribution in [0.1, 0.15) is 28.4 Å². The Hall–Kier alpha value is -2.82. The highest BCUT2D eigenvalue weighted by Gasteiger charge is 2.43. The molecule has 0 fully saturated rings. The van der Waals surface area contributed by atoms with E-state index in [1.165, 1.54) is 7.11 Å². The normalized spacial score (nSPS) is 18.7. The Kier molecular flexibility index (Phi) is 4.01. The van der Waals surface area contributed by atoms with E-state index >= 15 is 0 Å². The summed E-state index contributed by atoms with van der Waals surface area (Å²) in [6.45, 7) is 1.90. The van der Waals surface area contributed by atoms with Gasteiger partial charge in [-0.05, 0) is 54.8 Å². The molecule has 2 aromatic rings. The number of hydrogen-bond donors (Lipinski definition) is 1. The number of anilines is 1. The second-order valence-corrected chi connectivity index (χ2v) is 6.07. The molecule has 5 nitrogen and oxygen atoms in total. The van der Waals surface area contributed by atoms with Gasteiger partial charge in [0.1, 0.15) is 5.75 Å². The van der Waals surface area contributed by atoms with Crippen molar-refractivity contribution in [2.75, 3.05) is 19.5 Å². The van der Waals surface area contributed by atoms with Crippen LogP contribution in [0.15, 0.2) is 42.5 Å². The van der Waals surface area contributed by atoms with Crippen LogP contribution in [-0.4, -0.2) is 26.1 Å². The number of carbonyl (C=O) groups excluding carboxylic acids is 2. The zero-order valence-electron chi connectivity index (χ0n) is 13.9. The second-order valence-electron chi connectivity index (χ2n) is 6.07. The van der Waals surface area contributed by atoms with E-state index in [9.17, 15) is 9.59 Å². The summed E-state index contributed by atoms with van der Waals surface area (Å²) in [6, 6.07) is 12.7. The summed E-state index contributed by atoms with van der Waals surface area (Å²) in [5.74, 6) is 0.258. The summed E-state index contributed by atoms with van der Waals surface area (Å²) in [6.07, 6.45) is 0.476. The molecule has 1 aliphatic rings. The molecule has 1 atom stereocenters. The van der Waals surface area contributed by atoms with Crippen molar-refractivity contribution in [1.82, 2.24) is 0 Å². The Morgan fingerprint density at radius 3 is 2.67 bits per heavy atom. The lowest BCUT2D eigenvalue weighted by atomic mass is 9.78. The molecule has 0 bridgehead atoms. The molecule has 0 saturated heterocycles. The van der Waals surface area contributed by atoms with Gasteiger partial charge in [-0.1, -0.05) is 12.1 Å². The van der Waals surface area contributed by atoms with Gasteiger partial charge >= 0.3 is 5.97 Å². The molecule has 1 N–H and O–H groups in total. The number of esters is 1. The van der Waals surface area contributed by atoms with E-state index in [-0.39, 0.29) is 11.9 Å². The third kappa shape index (κ3) is 2.62. The zero-order chi connectivity index (χ0) is 17.3. The van der Waals surface area contributed by atoms with Crippen molar-refractivity contribution >= 4 is 17.6 Å². The molecular weight excluding hydrogens is 306 g/mol. The first-order valence-electron chi connectivity index (χ1n) is 7.65. The number of amides is 1. The lowest BCUT2D eigenvalue weighted by Gasteiger charge is -2.23. The number of fused-ring (bicyclic) bond motifs is 1. The minimum absolute atomic E-state index is 0.0609. The third-order valence-electron chi connectivity index (χ3n) is 4.48. The van der Waals surface area contributed by atoms with Crippen molar-refractivity contribution in [3.63, 3.8) is 0 Å². The van der Waals surface area contributed by atoms with Crippen LogP contribution >= 0.6 is 0 Å². The van der Waals surface area contributed by atoms with E-state index in [0.717, 1.165) is 16.8 Å². The Morgan fingerprint density at radius 1 is 1.17 bits per heavy atom. The van der Waals surface area contributed by atoms with Gasteiger partial charge in [0.15, 0.2) is 0 Å². The number of methoxy groups -OCH3 is 2. The topological polar surface area (TPSA) is 64.6 Å². The molecule has 1 aliphatic heterocycles. The summed E-state index contributed by atoms with van der Waals surface area (Å²) in [4.78, 5) is 24.3. The van der Waals surface area contributed by atoms with Crippen LogP contribution in [-0.2, 0) is 21.4 Å². The van der Waals surface area contributed by atoms with Gasteiger partial charge in [0, 0.05) is 5.69 Å². The van der Waals surface area contributed by atoms with Gasteiger partial charge in [0.25, 0.3) is 0 Å². The second kappa shape index (κ2) is 6.00. The van der Waals surface area contributed by atoms with Crippen molar-refractivity contribution in [1.29, 1.82) is 0 Å². The SMILES string of the molecule is COC(=O)c1cccc(CC2(C)C(=O)Nc3ccc(OC)cc32)c1. The molecular formula is C19H19NO4. The number of nitrogens with one attached hydrogen (secondary N) is 1. The summed E-state index contributed by atoms with van der Waals surface area (Å²) >= 11 is 0. The predicted octanol–water partition coefficient (Wildman–Crippen LogP) is 2.93. The van der Waals surface area contributed by atoms with E-state index < -0.39 is 5.41 Å². The number of rotatable bonds is 4. The largest absolute Gasteiger partial charge is 0.497 e. The van der Waals surface area contributed by atoms with E-state index in [4.69, 9.17) is 9.47 Å². The van der Waals surface area contributed by atoms with Crippen molar-refractivity contribution in [3.05, 3.63) is 59.2 Å². The quantitative estimate of drug-likeness (QED) is 0.878. The van der Waals surface area contributed by atoms with Gasteiger partial charge < -0.3 is 14.8 Å². The van der Waals surface area contributed by atoms with Gasteiger partial charge in [-0.15, -0.1) is 0 Å². The Labute approximate surface area is 140 Å². The molecule has 0 aliphatic carbocycles. The molecule has 0 aromatic heterocycles. The zero-order valence-corrected chi connectivity index (χ0v) is 13.9. The molecule has 1 unspecified atom stereocenters. The van der Waals surface area contributed by atoms with Gasteiger partial charge in [-0.3, -0.25) is 4.79 Å². The molecule has 0 radical (unpaired) electrons. The first-order valence-corrected chi connectivity index (χ1v) is 7.65. The van der Waals surface area contributed by atoms with E-state index in [1.54, 1.807) is 25.3 Å². The Balaban J connectivity index is 1.98. The monoisotopic (exact) mass is 325 g/mol. The van der Waals surface area contributed by atoms with Crippen LogP contribution in [0.4, 0.5) is 5.69 Å². The molecule has 1 amide bonds. The molecule has 2 aromatic carbocycles. The molecule has 0 saturated carbocycles. The summed E-state index contributed by atoms with van der Waals surface area (Å²) in [5, 5.41) is 2.92. The van der Waals surface area contributed by atoms with E-state index in [2.05, 4.69) is 5.32 Å². The standard InChI is InChI=1S/C19H19NO4/c1-19(11-12-5-4-6-13(9-12)17(21)24-3)15-10-14(23-2)7-8-16(15)20-18(19)22/h4-10H,11H2,1-3H3,(H,20,22). The van der Waals surface area contributed by atoms with Crippen molar-refractivity contribution in [3.8, 4) is 5.75 Å². The van der Waals surface area contributed by atoms with Gasteiger partial charge in [-0.2, -0.15) is 0 Å². The average molecular weight is 325 g/mol. The van der Waals surface area contributed by atoms with Gasteiger partial charge in [0.2, 0.25) is 5.91 Å². The van der Waals surface area contributed by atoms with Crippen LogP contribution in [0.2, 0.25) is 0 Å². The summed E-state index contributed by atoms with van der Waals surface area (Å²) in [5.41, 5.74) is 2.34. The molecule has 5 heteroatoms. The van der Waals surface area contributed by atoms with Crippen LogP contribution in [0.3, 0.4) is 0 Å². The van der Waals surface area contributed by atoms with Crippen LogP contribution < -0.4 is 10.1 Å². The number of carbonyl (C=O) groups is 2. The molecule has 3 rings (SSSR count). The summed E-state index contributed by atoms with van der Waals surface area (Å²) in [7, 11) is 2.95. The van der Waals surface area contributed by atoms with Crippen LogP contribution in [0.25, 0.3) is 0 Å². The lowest BCUT2D eigenvalue weighted by molar-refractivity contribution is -0.120. The number of benzene rings is 2. The minimum Gasteiger partial charge on any atom is -0.497 e. The fraction of sp³-hybridized carbons (Fsp3) is 0.263. The van der Waals surface area contributed by atoms with E-state index in [0.29, 0.717) is 17.7 Å². The fourth-order valence-corrected chi connectivity index (χ4v) is 3.11. The highest BCUT2D eigenvalue weighted by atomic mass is 16.5. The fourth-order valence-electron chi connectivity index (χ4n) is 3.11. The smallest absolute Gasteiger partial charge is 0.337 e. The average Bonchev–Trinajstić information content (AvgIpc) is 2.84. The van der Waals surface area contributed by atoms with Crippen LogP contribution in [0, 0.1) is 0 Å². The molecule has 1 heterocycles. The third-order valence-corrected chi connectivity index (χ3v) is 4.48. The maximum Gasteiger partial charge on any atom is 0.337 e. The van der Waals surface area contributed by atoms with Crippen molar-refractivity contribution in [2.24, 2.45) is 0 Å². The summed E-state index contributed by atoms with van der Waals surface area (Å²) < 4.78 is 10.0. The van der Waals surface area contributed by atoms with E-state index in [1.807, 2.05) is 31.2 Å². The van der Waals surface area contributed by atoms with Crippen molar-refractivity contribution in [2.45, 2.75) is 18.8 Å². The first-order chi connectivity index (χ1) is 11.5. The number of hydrogen-bond acceptors (Lipinski definition) is 4. The van der Waals surface area contributed by atoms with Crippen LogP contribution in [0.5, 0.6) is 5.75 Å². The molecule has 124 valence electrons. The Morgan fingerprint density at radius 2 is 1.96 bits per heavy atom.